The van der Waals surface area contributed by atoms with Gasteiger partial charge in [-0.15, -0.1) is 0 Å². The molecule has 6 heteroatoms. The van der Waals surface area contributed by atoms with Crippen LogP contribution in [0, 0.1) is 10.1 Å². The Balaban J connectivity index is 2.67. The molecule has 0 aliphatic rings. The van der Waals surface area contributed by atoms with Crippen molar-refractivity contribution in [1.29, 1.82) is 0 Å². The average molecular weight is 252 g/mol. The molecular formula is C12H16N2O4. The number of hydrogen-bond donors (Lipinski definition) is 1. The molecule has 1 aromatic rings. The summed E-state index contributed by atoms with van der Waals surface area (Å²) in [5.74, 6) is -0.256. The van der Waals surface area contributed by atoms with Crippen molar-refractivity contribution in [3.63, 3.8) is 0 Å². The molecule has 0 unspecified atom stereocenters. The standard InChI is InChI=1S/C12H16N2O4/c1-9(8-18-2)13-12(15)7-10-5-3-4-6-11(10)14(16)17/h3-6,9H,7-8H2,1-2H3,(H,13,15)/t9-/m0/s1. The lowest BCUT2D eigenvalue weighted by Crippen LogP contribution is -2.36. The molecule has 0 heterocycles. The van der Waals surface area contributed by atoms with Gasteiger partial charge < -0.3 is 10.1 Å². The monoisotopic (exact) mass is 252 g/mol. The van der Waals surface area contributed by atoms with E-state index in [-0.39, 0.29) is 24.1 Å². The Morgan fingerprint density at radius 3 is 2.78 bits per heavy atom. The summed E-state index contributed by atoms with van der Waals surface area (Å²) in [6, 6.07) is 6.10. The van der Waals surface area contributed by atoms with Crippen LogP contribution in [-0.2, 0) is 16.0 Å². The number of para-hydroxylation sites is 1. The number of benzene rings is 1. The first-order chi connectivity index (χ1) is 8.54. The molecule has 1 atom stereocenters. The van der Waals surface area contributed by atoms with Gasteiger partial charge in [0, 0.05) is 24.8 Å². The van der Waals surface area contributed by atoms with Crippen molar-refractivity contribution in [3.8, 4) is 0 Å². The number of carbonyl (C=O) groups is 1. The predicted octanol–water partition coefficient (Wildman–Crippen LogP) is 1.29. The van der Waals surface area contributed by atoms with Gasteiger partial charge in [-0.2, -0.15) is 0 Å². The van der Waals surface area contributed by atoms with Gasteiger partial charge in [0.05, 0.1) is 18.0 Å². The molecule has 6 nitrogen and oxygen atoms in total. The van der Waals surface area contributed by atoms with Gasteiger partial charge in [-0.05, 0) is 6.92 Å². The number of nitro benzene ring substituents is 1. The Morgan fingerprint density at radius 1 is 1.50 bits per heavy atom. The number of ether oxygens (including phenoxy) is 1. The zero-order valence-corrected chi connectivity index (χ0v) is 10.4. The largest absolute Gasteiger partial charge is 0.383 e. The van der Waals surface area contributed by atoms with E-state index in [1.165, 1.54) is 6.07 Å². The van der Waals surface area contributed by atoms with Gasteiger partial charge >= 0.3 is 0 Å². The first-order valence-corrected chi connectivity index (χ1v) is 5.55. The first-order valence-electron chi connectivity index (χ1n) is 5.55. The number of nitro groups is 1. The molecule has 1 aromatic carbocycles. The van der Waals surface area contributed by atoms with E-state index in [0.29, 0.717) is 12.2 Å². The number of carbonyl (C=O) groups excluding carboxylic acids is 1. The molecule has 0 fully saturated rings. The summed E-state index contributed by atoms with van der Waals surface area (Å²) in [6.45, 7) is 2.21. The van der Waals surface area contributed by atoms with E-state index < -0.39 is 4.92 Å². The highest BCUT2D eigenvalue weighted by Crippen LogP contribution is 2.17. The number of hydrogen-bond acceptors (Lipinski definition) is 4. The topological polar surface area (TPSA) is 81.5 Å². The minimum absolute atomic E-state index is 0.00872. The third-order valence-corrected chi connectivity index (χ3v) is 2.36. The van der Waals surface area contributed by atoms with E-state index in [2.05, 4.69) is 5.32 Å². The van der Waals surface area contributed by atoms with Gasteiger partial charge in [-0.3, -0.25) is 14.9 Å². The van der Waals surface area contributed by atoms with Crippen molar-refractivity contribution in [2.45, 2.75) is 19.4 Å². The van der Waals surface area contributed by atoms with Crippen molar-refractivity contribution in [1.82, 2.24) is 5.32 Å². The van der Waals surface area contributed by atoms with E-state index in [0.717, 1.165) is 0 Å². The molecule has 0 aliphatic carbocycles. The van der Waals surface area contributed by atoms with Crippen LogP contribution in [0.4, 0.5) is 5.69 Å². The smallest absolute Gasteiger partial charge is 0.273 e. The van der Waals surface area contributed by atoms with E-state index in [1.807, 2.05) is 0 Å². The van der Waals surface area contributed by atoms with Crippen LogP contribution >= 0.6 is 0 Å². The van der Waals surface area contributed by atoms with Crippen molar-refractivity contribution in [2.75, 3.05) is 13.7 Å². The summed E-state index contributed by atoms with van der Waals surface area (Å²) in [5, 5.41) is 13.5. The zero-order valence-electron chi connectivity index (χ0n) is 10.4. The molecular weight excluding hydrogens is 236 g/mol. The van der Waals surface area contributed by atoms with Gasteiger partial charge in [-0.25, -0.2) is 0 Å². The number of methoxy groups -OCH3 is 1. The summed E-state index contributed by atoms with van der Waals surface area (Å²) in [5.41, 5.74) is 0.372. The fourth-order valence-electron chi connectivity index (χ4n) is 1.63. The average Bonchev–Trinajstić information content (AvgIpc) is 2.29. The Kier molecular flexibility index (Phi) is 5.26. The number of amides is 1. The number of nitrogens with one attached hydrogen (secondary N) is 1. The summed E-state index contributed by atoms with van der Waals surface area (Å²) in [6.07, 6.45) is -0.00872. The molecule has 0 aliphatic heterocycles. The highest BCUT2D eigenvalue weighted by Gasteiger charge is 2.16. The SMILES string of the molecule is COC[C@H](C)NC(=O)Cc1ccccc1[N+](=O)[O-]. The molecule has 98 valence electrons. The second-order valence-electron chi connectivity index (χ2n) is 3.99. The quantitative estimate of drug-likeness (QED) is 0.611. The van der Waals surface area contributed by atoms with E-state index in [4.69, 9.17) is 4.74 Å². The molecule has 1 rings (SSSR count). The normalized spacial score (nSPS) is 11.9. The van der Waals surface area contributed by atoms with E-state index in [9.17, 15) is 14.9 Å². The van der Waals surface area contributed by atoms with Crippen LogP contribution in [0.15, 0.2) is 24.3 Å². The van der Waals surface area contributed by atoms with Crippen LogP contribution in [0.2, 0.25) is 0 Å². The lowest BCUT2D eigenvalue weighted by atomic mass is 10.1. The summed E-state index contributed by atoms with van der Waals surface area (Å²) in [4.78, 5) is 22.0. The molecule has 1 N–H and O–H groups in total. The fraction of sp³-hybridized carbons (Fsp3) is 0.417. The molecule has 18 heavy (non-hydrogen) atoms. The van der Waals surface area contributed by atoms with Crippen molar-refractivity contribution < 1.29 is 14.5 Å². The highest BCUT2D eigenvalue weighted by molar-refractivity contribution is 5.80. The van der Waals surface area contributed by atoms with E-state index >= 15 is 0 Å². The number of nitrogens with zero attached hydrogens (tertiary/aromatic N) is 1. The van der Waals surface area contributed by atoms with Gasteiger partial charge in [0.1, 0.15) is 0 Å². The third-order valence-electron chi connectivity index (χ3n) is 2.36. The van der Waals surface area contributed by atoms with Crippen LogP contribution in [0.25, 0.3) is 0 Å². The molecule has 0 aromatic heterocycles. The van der Waals surface area contributed by atoms with Crippen LogP contribution < -0.4 is 5.32 Å². The maximum absolute atomic E-state index is 11.7. The minimum Gasteiger partial charge on any atom is -0.383 e. The first kappa shape index (κ1) is 14.1. The Bertz CT molecular complexity index is 434. The lowest BCUT2D eigenvalue weighted by Gasteiger charge is -2.12. The number of rotatable bonds is 6. The van der Waals surface area contributed by atoms with Crippen LogP contribution in [0.5, 0.6) is 0 Å². The maximum atomic E-state index is 11.7. The van der Waals surface area contributed by atoms with Gasteiger partial charge in [-0.1, -0.05) is 18.2 Å². The highest BCUT2D eigenvalue weighted by atomic mass is 16.6. The van der Waals surface area contributed by atoms with Crippen LogP contribution in [0.1, 0.15) is 12.5 Å². The maximum Gasteiger partial charge on any atom is 0.273 e. The Morgan fingerprint density at radius 2 is 2.17 bits per heavy atom. The molecule has 0 radical (unpaired) electrons. The molecule has 0 spiro atoms. The van der Waals surface area contributed by atoms with Crippen molar-refractivity contribution >= 4 is 11.6 Å². The lowest BCUT2D eigenvalue weighted by molar-refractivity contribution is -0.385. The predicted molar refractivity (Wildman–Crippen MR) is 66.3 cm³/mol. The second kappa shape index (κ2) is 6.70. The minimum atomic E-state index is -0.485. The molecule has 0 saturated carbocycles. The fourth-order valence-corrected chi connectivity index (χ4v) is 1.63. The van der Waals surface area contributed by atoms with E-state index in [1.54, 1.807) is 32.2 Å². The van der Waals surface area contributed by atoms with Crippen LogP contribution in [-0.4, -0.2) is 30.6 Å². The van der Waals surface area contributed by atoms with Gasteiger partial charge in [0.15, 0.2) is 0 Å². The van der Waals surface area contributed by atoms with Crippen LogP contribution in [0.3, 0.4) is 0 Å². The molecule has 0 saturated heterocycles. The molecule has 1 amide bonds. The van der Waals surface area contributed by atoms with Gasteiger partial charge in [0.2, 0.25) is 5.91 Å². The summed E-state index contributed by atoms with van der Waals surface area (Å²) in [7, 11) is 1.55. The van der Waals surface area contributed by atoms with Crippen molar-refractivity contribution in [2.24, 2.45) is 0 Å². The Labute approximate surface area is 105 Å². The third kappa shape index (κ3) is 4.14. The summed E-state index contributed by atoms with van der Waals surface area (Å²) >= 11 is 0. The van der Waals surface area contributed by atoms with Gasteiger partial charge in [0.25, 0.3) is 5.69 Å². The summed E-state index contributed by atoms with van der Waals surface area (Å²) < 4.78 is 4.89. The second-order valence-corrected chi connectivity index (χ2v) is 3.99. The Hall–Kier alpha value is -1.95. The zero-order chi connectivity index (χ0) is 13.5. The van der Waals surface area contributed by atoms with Crippen molar-refractivity contribution in [3.05, 3.63) is 39.9 Å². The molecule has 0 bridgehead atoms.